The molecule has 238 valence electrons. The zero-order chi connectivity index (χ0) is 32.8. The number of anilines is 3. The maximum atomic E-state index is 13.3. The van der Waals surface area contributed by atoms with Crippen LogP contribution in [0.1, 0.15) is 60.8 Å². The Bertz CT molecular complexity index is 1740. The van der Waals surface area contributed by atoms with Gasteiger partial charge >= 0.3 is 12.1 Å². The summed E-state index contributed by atoms with van der Waals surface area (Å²) in [6, 6.07) is 23.7. The molecule has 10 nitrogen and oxygen atoms in total. The van der Waals surface area contributed by atoms with E-state index in [9.17, 15) is 14.4 Å². The first-order valence-corrected chi connectivity index (χ1v) is 15.7. The zero-order valence-electron chi connectivity index (χ0n) is 26.5. The van der Waals surface area contributed by atoms with Crippen LogP contribution in [-0.2, 0) is 24.3 Å². The van der Waals surface area contributed by atoms with Gasteiger partial charge in [0, 0.05) is 42.7 Å². The Balaban J connectivity index is 1.19. The quantitative estimate of drug-likeness (QED) is 0.194. The van der Waals surface area contributed by atoms with Gasteiger partial charge in [-0.05, 0) is 74.1 Å². The van der Waals surface area contributed by atoms with Gasteiger partial charge in [-0.2, -0.15) is 5.10 Å². The molecule has 1 fully saturated rings. The summed E-state index contributed by atoms with van der Waals surface area (Å²) in [4.78, 5) is 39.9. The van der Waals surface area contributed by atoms with Gasteiger partial charge in [0.05, 0.1) is 22.6 Å². The molecule has 1 aliphatic heterocycles. The third kappa shape index (κ3) is 8.02. The highest BCUT2D eigenvalue weighted by Gasteiger charge is 2.26. The fourth-order valence-corrected chi connectivity index (χ4v) is 5.58. The Morgan fingerprint density at radius 3 is 2.33 bits per heavy atom. The van der Waals surface area contributed by atoms with Crippen molar-refractivity contribution in [3.8, 4) is 5.69 Å². The van der Waals surface area contributed by atoms with Crippen LogP contribution < -0.4 is 16.0 Å². The van der Waals surface area contributed by atoms with Crippen LogP contribution in [0.4, 0.5) is 26.8 Å². The number of urea groups is 2. The van der Waals surface area contributed by atoms with Gasteiger partial charge in [0.15, 0.2) is 0 Å². The van der Waals surface area contributed by atoms with E-state index in [2.05, 4.69) is 59.6 Å². The van der Waals surface area contributed by atoms with E-state index >= 15 is 0 Å². The van der Waals surface area contributed by atoms with Crippen LogP contribution >= 0.6 is 0 Å². The van der Waals surface area contributed by atoms with Gasteiger partial charge < -0.3 is 15.5 Å². The van der Waals surface area contributed by atoms with Gasteiger partial charge in [0.2, 0.25) is 0 Å². The van der Waals surface area contributed by atoms with Crippen LogP contribution in [0, 0.1) is 12.8 Å². The van der Waals surface area contributed by atoms with E-state index in [0.717, 1.165) is 41.8 Å². The Labute approximate surface area is 274 Å². The number of aromatic nitrogens is 2. The lowest BCUT2D eigenvalue weighted by Crippen LogP contribution is -2.39. The number of para-hydroxylation sites is 1. The number of likely N-dealkylation sites (tertiary alicyclic amines) is 1. The Hall–Kier alpha value is -4.90. The maximum Gasteiger partial charge on any atom is 0.356 e. The van der Waals surface area contributed by atoms with Crippen molar-refractivity contribution in [2.24, 2.45) is 10.3 Å². The normalized spacial score (nSPS) is 13.6. The number of piperidine rings is 1. The highest BCUT2D eigenvalue weighted by molar-refractivity contribution is 7.47. The SMILES string of the molecule is Cc1ccc(-n2nc(C(C)(C)C)cc2NC(=O)Nc2cccc(CC3CCN(C(=O)c4ccccc4NC(=O)N=S)CC3)c2)cc1. The van der Waals surface area contributed by atoms with Gasteiger partial charge in [0.25, 0.3) is 5.91 Å². The topological polar surface area (TPSA) is 121 Å². The summed E-state index contributed by atoms with van der Waals surface area (Å²) in [5.74, 6) is 0.847. The predicted molar refractivity (Wildman–Crippen MR) is 184 cm³/mol. The third-order valence-corrected chi connectivity index (χ3v) is 8.26. The number of aryl methyl sites for hydroxylation is 1. The van der Waals surface area contributed by atoms with Gasteiger partial charge in [-0.15, -0.1) is 4.36 Å². The lowest BCUT2D eigenvalue weighted by atomic mass is 9.89. The van der Waals surface area contributed by atoms with Crippen molar-refractivity contribution in [3.05, 3.63) is 101 Å². The van der Waals surface area contributed by atoms with Crippen LogP contribution in [0.2, 0.25) is 0 Å². The number of hydrogen-bond acceptors (Lipinski definition) is 5. The standard InChI is InChI=1S/C35H39N7O3S/c1-23-12-14-27(15-13-23)42-31(22-30(39-42)35(2,3)4)38-33(44)36-26-9-7-8-25(21-26)20-24-16-18-41(19-17-24)32(43)28-10-5-6-11-29(28)37-34(45)40-46/h5-15,21-22,24H,16-20H2,1-4H3,(H,37,45)(H2,36,38,44). The van der Waals surface area contributed by atoms with Crippen LogP contribution in [-0.4, -0.2) is 45.7 Å². The molecule has 0 atom stereocenters. The van der Waals surface area contributed by atoms with Crippen LogP contribution in [0.5, 0.6) is 0 Å². The molecule has 0 unspecified atom stereocenters. The molecule has 0 saturated carbocycles. The van der Waals surface area contributed by atoms with E-state index in [-0.39, 0.29) is 17.4 Å². The molecule has 2 heterocycles. The maximum absolute atomic E-state index is 13.3. The molecule has 46 heavy (non-hydrogen) atoms. The first-order chi connectivity index (χ1) is 22.0. The highest BCUT2D eigenvalue weighted by atomic mass is 32.1. The predicted octanol–water partition coefficient (Wildman–Crippen LogP) is 7.48. The van der Waals surface area contributed by atoms with E-state index in [1.165, 1.54) is 0 Å². The Morgan fingerprint density at radius 1 is 0.913 bits per heavy atom. The third-order valence-electron chi connectivity index (χ3n) is 8.09. The van der Waals surface area contributed by atoms with E-state index in [0.29, 0.717) is 41.8 Å². The van der Waals surface area contributed by atoms with Crippen LogP contribution in [0.3, 0.4) is 0 Å². The monoisotopic (exact) mass is 637 g/mol. The fourth-order valence-electron chi connectivity index (χ4n) is 5.53. The van der Waals surface area contributed by atoms with E-state index in [1.807, 2.05) is 60.4 Å². The van der Waals surface area contributed by atoms with E-state index in [4.69, 9.17) is 5.10 Å². The number of nitrogens with one attached hydrogen (secondary N) is 3. The van der Waals surface area contributed by atoms with E-state index < -0.39 is 6.03 Å². The number of rotatable bonds is 7. The Kier molecular flexibility index (Phi) is 9.91. The van der Waals surface area contributed by atoms with Crippen LogP contribution in [0.25, 0.3) is 5.69 Å². The number of amides is 5. The van der Waals surface area contributed by atoms with Crippen molar-refractivity contribution >= 4 is 47.6 Å². The molecule has 1 aliphatic rings. The first-order valence-electron chi connectivity index (χ1n) is 15.4. The molecule has 0 spiro atoms. The molecule has 0 radical (unpaired) electrons. The minimum absolute atomic E-state index is 0.130. The van der Waals surface area contributed by atoms with Crippen molar-refractivity contribution in [2.75, 3.05) is 29.0 Å². The minimum Gasteiger partial charge on any atom is -0.339 e. The number of hydrogen-bond donors (Lipinski definition) is 3. The van der Waals surface area contributed by atoms with Crippen molar-refractivity contribution in [1.29, 1.82) is 0 Å². The number of benzene rings is 3. The van der Waals surface area contributed by atoms with Crippen molar-refractivity contribution in [1.82, 2.24) is 14.7 Å². The summed E-state index contributed by atoms with van der Waals surface area (Å²) in [6.45, 7) is 9.53. The number of carbonyl (C=O) groups excluding carboxylic acids is 3. The number of nitrogens with zero attached hydrogens (tertiary/aromatic N) is 4. The lowest BCUT2D eigenvalue weighted by molar-refractivity contribution is 0.0691. The number of carbonyl (C=O) groups is 3. The molecule has 1 saturated heterocycles. The van der Waals surface area contributed by atoms with Gasteiger partial charge in [0.1, 0.15) is 5.82 Å². The van der Waals surface area contributed by atoms with Gasteiger partial charge in [-0.1, -0.05) is 62.7 Å². The highest BCUT2D eigenvalue weighted by Crippen LogP contribution is 2.28. The molecule has 1 aromatic heterocycles. The zero-order valence-corrected chi connectivity index (χ0v) is 27.4. The molecule has 3 aromatic carbocycles. The average Bonchev–Trinajstić information content (AvgIpc) is 3.46. The summed E-state index contributed by atoms with van der Waals surface area (Å²) in [5, 5.41) is 13.3. The second kappa shape index (κ2) is 14.0. The van der Waals surface area contributed by atoms with Crippen LogP contribution in [0.15, 0.2) is 83.2 Å². The summed E-state index contributed by atoms with van der Waals surface area (Å²) >= 11 is 4.46. The lowest BCUT2D eigenvalue weighted by Gasteiger charge is -2.32. The molecular formula is C35H39N7O3S. The molecule has 11 heteroatoms. The van der Waals surface area contributed by atoms with Crippen molar-refractivity contribution in [2.45, 2.75) is 52.4 Å². The largest absolute Gasteiger partial charge is 0.356 e. The molecule has 4 aromatic rings. The molecule has 0 aliphatic carbocycles. The van der Waals surface area contributed by atoms with E-state index in [1.54, 1.807) is 28.9 Å². The summed E-state index contributed by atoms with van der Waals surface area (Å²) in [5.41, 5.74) is 5.32. The summed E-state index contributed by atoms with van der Waals surface area (Å²) < 4.78 is 4.95. The van der Waals surface area contributed by atoms with Crippen molar-refractivity contribution < 1.29 is 14.4 Å². The molecule has 5 amide bonds. The second-order valence-electron chi connectivity index (χ2n) is 12.7. The minimum atomic E-state index is -0.674. The fraction of sp³-hybridized carbons (Fsp3) is 0.314. The second-order valence-corrected chi connectivity index (χ2v) is 12.9. The molecule has 5 rings (SSSR count). The Morgan fingerprint density at radius 2 is 1.63 bits per heavy atom. The van der Waals surface area contributed by atoms with Gasteiger partial charge in [-0.3, -0.25) is 10.1 Å². The van der Waals surface area contributed by atoms with Crippen molar-refractivity contribution in [3.63, 3.8) is 0 Å². The summed E-state index contributed by atoms with van der Waals surface area (Å²) in [7, 11) is 0. The average molecular weight is 638 g/mol. The molecular weight excluding hydrogens is 598 g/mol. The summed E-state index contributed by atoms with van der Waals surface area (Å²) in [6.07, 6.45) is 2.53. The molecule has 3 N–H and O–H groups in total. The van der Waals surface area contributed by atoms with Gasteiger partial charge in [-0.25, -0.2) is 14.3 Å². The smallest absolute Gasteiger partial charge is 0.339 e. The molecule has 0 bridgehead atoms. The first kappa shape index (κ1) is 32.5.